The van der Waals surface area contributed by atoms with Crippen LogP contribution in [0.4, 0.5) is 10.1 Å². The molecule has 0 amide bonds. The van der Waals surface area contributed by atoms with Crippen molar-refractivity contribution in [3.8, 4) is 10.4 Å². The maximum Gasteiger partial charge on any atom is 0.123 e. The van der Waals surface area contributed by atoms with Gasteiger partial charge in [0.1, 0.15) is 5.82 Å². The number of ether oxygens (including phenoxy) is 1. The van der Waals surface area contributed by atoms with Crippen molar-refractivity contribution >= 4 is 17.0 Å². The predicted molar refractivity (Wildman–Crippen MR) is 116 cm³/mol. The van der Waals surface area contributed by atoms with Crippen LogP contribution in [0.25, 0.3) is 10.4 Å². The molecule has 5 heteroatoms. The van der Waals surface area contributed by atoms with E-state index in [4.69, 9.17) is 4.74 Å². The highest BCUT2D eigenvalue weighted by Crippen LogP contribution is 2.40. The standard InChI is InChI=1S/C23H31FN2OS/c1-27-17-18-8-14-26(15-9-18)22-16-21(10-13-25-11-2-3-12-25)28-23(22)19-4-6-20(24)7-5-19/h4-7,16,18H,2-3,8-15,17H2,1H3. The van der Waals surface area contributed by atoms with Crippen molar-refractivity contribution < 1.29 is 9.13 Å². The Labute approximate surface area is 172 Å². The monoisotopic (exact) mass is 402 g/mol. The van der Waals surface area contributed by atoms with Crippen LogP contribution in [-0.4, -0.2) is 51.3 Å². The molecule has 152 valence electrons. The van der Waals surface area contributed by atoms with E-state index in [2.05, 4.69) is 15.9 Å². The van der Waals surface area contributed by atoms with Crippen molar-refractivity contribution in [2.75, 3.05) is 51.3 Å². The van der Waals surface area contributed by atoms with E-state index in [9.17, 15) is 4.39 Å². The van der Waals surface area contributed by atoms with Gasteiger partial charge in [0.25, 0.3) is 0 Å². The fraction of sp³-hybridized carbons (Fsp3) is 0.565. The second kappa shape index (κ2) is 9.38. The molecule has 0 bridgehead atoms. The number of nitrogens with zero attached hydrogens (tertiary/aromatic N) is 2. The number of methoxy groups -OCH3 is 1. The number of rotatable bonds is 7. The van der Waals surface area contributed by atoms with Gasteiger partial charge in [-0.15, -0.1) is 11.3 Å². The summed E-state index contributed by atoms with van der Waals surface area (Å²) in [6.45, 7) is 6.66. The first-order valence-corrected chi connectivity index (χ1v) is 11.4. The van der Waals surface area contributed by atoms with Crippen LogP contribution in [0.5, 0.6) is 0 Å². The van der Waals surface area contributed by atoms with Crippen LogP contribution in [-0.2, 0) is 11.2 Å². The highest BCUT2D eigenvalue weighted by molar-refractivity contribution is 7.16. The van der Waals surface area contributed by atoms with Crippen LogP contribution in [0.15, 0.2) is 30.3 Å². The molecule has 4 rings (SSSR count). The Morgan fingerprint density at radius 1 is 1.07 bits per heavy atom. The first-order chi connectivity index (χ1) is 13.7. The Morgan fingerprint density at radius 3 is 2.46 bits per heavy atom. The lowest BCUT2D eigenvalue weighted by molar-refractivity contribution is 0.139. The largest absolute Gasteiger partial charge is 0.384 e. The summed E-state index contributed by atoms with van der Waals surface area (Å²) in [6, 6.07) is 9.40. The molecule has 2 aromatic rings. The van der Waals surface area contributed by atoms with Crippen LogP contribution in [0.1, 0.15) is 30.6 Å². The minimum atomic E-state index is -0.170. The normalized spacial score (nSPS) is 18.9. The molecule has 0 atom stereocenters. The Balaban J connectivity index is 1.53. The number of hydrogen-bond acceptors (Lipinski definition) is 4. The maximum atomic E-state index is 13.4. The molecule has 0 saturated carbocycles. The summed E-state index contributed by atoms with van der Waals surface area (Å²) in [6.07, 6.45) is 6.14. The smallest absolute Gasteiger partial charge is 0.123 e. The van der Waals surface area contributed by atoms with Gasteiger partial charge in [-0.25, -0.2) is 4.39 Å². The molecule has 0 unspecified atom stereocenters. The highest BCUT2D eigenvalue weighted by Gasteiger charge is 2.23. The molecule has 1 aromatic carbocycles. The number of halogens is 1. The average Bonchev–Trinajstić information content (AvgIpc) is 3.38. The number of piperidine rings is 1. The van der Waals surface area contributed by atoms with Gasteiger partial charge in [-0.3, -0.25) is 0 Å². The average molecular weight is 403 g/mol. The first kappa shape index (κ1) is 19.9. The predicted octanol–water partition coefficient (Wildman–Crippen LogP) is 5.06. The molecule has 0 spiro atoms. The van der Waals surface area contributed by atoms with Gasteiger partial charge in [0.15, 0.2) is 0 Å². The van der Waals surface area contributed by atoms with E-state index >= 15 is 0 Å². The van der Waals surface area contributed by atoms with Gasteiger partial charge in [0.2, 0.25) is 0 Å². The lowest BCUT2D eigenvalue weighted by Crippen LogP contribution is -2.35. The molecular formula is C23H31FN2OS. The minimum absolute atomic E-state index is 0.170. The minimum Gasteiger partial charge on any atom is -0.384 e. The van der Waals surface area contributed by atoms with Crippen LogP contribution in [0.2, 0.25) is 0 Å². The van der Waals surface area contributed by atoms with E-state index < -0.39 is 0 Å². The second-order valence-corrected chi connectivity index (χ2v) is 9.26. The number of hydrogen-bond donors (Lipinski definition) is 0. The van der Waals surface area contributed by atoms with Gasteiger partial charge < -0.3 is 14.5 Å². The van der Waals surface area contributed by atoms with E-state index in [0.717, 1.165) is 38.2 Å². The quantitative estimate of drug-likeness (QED) is 0.644. The second-order valence-electron chi connectivity index (χ2n) is 8.12. The van der Waals surface area contributed by atoms with E-state index in [0.29, 0.717) is 5.92 Å². The van der Waals surface area contributed by atoms with Crippen molar-refractivity contribution in [3.63, 3.8) is 0 Å². The van der Waals surface area contributed by atoms with Gasteiger partial charge in [-0.2, -0.15) is 0 Å². The van der Waals surface area contributed by atoms with E-state index in [1.165, 1.54) is 54.2 Å². The van der Waals surface area contributed by atoms with Crippen LogP contribution >= 0.6 is 11.3 Å². The van der Waals surface area contributed by atoms with Crippen LogP contribution < -0.4 is 4.90 Å². The molecule has 28 heavy (non-hydrogen) atoms. The summed E-state index contributed by atoms with van der Waals surface area (Å²) in [4.78, 5) is 7.84. The summed E-state index contributed by atoms with van der Waals surface area (Å²) in [5.74, 6) is 0.500. The van der Waals surface area contributed by atoms with E-state index in [1.807, 2.05) is 23.5 Å². The fourth-order valence-electron chi connectivity index (χ4n) is 4.45. The van der Waals surface area contributed by atoms with Crippen molar-refractivity contribution in [1.82, 2.24) is 4.90 Å². The zero-order valence-corrected chi connectivity index (χ0v) is 17.6. The van der Waals surface area contributed by atoms with Crippen molar-refractivity contribution in [2.24, 2.45) is 5.92 Å². The fourth-order valence-corrected chi connectivity index (χ4v) is 5.62. The van der Waals surface area contributed by atoms with Crippen LogP contribution in [0.3, 0.4) is 0 Å². The number of anilines is 1. The zero-order valence-electron chi connectivity index (χ0n) is 16.8. The molecule has 0 radical (unpaired) electrons. The van der Waals surface area contributed by atoms with Gasteiger partial charge in [-0.05, 0) is 74.9 Å². The third-order valence-corrected chi connectivity index (χ3v) is 7.33. The molecular weight excluding hydrogens is 371 g/mol. The van der Waals surface area contributed by atoms with E-state index in [-0.39, 0.29) is 5.82 Å². The summed E-state index contributed by atoms with van der Waals surface area (Å²) in [5.41, 5.74) is 2.47. The summed E-state index contributed by atoms with van der Waals surface area (Å²) >= 11 is 1.89. The van der Waals surface area contributed by atoms with Crippen LogP contribution in [0, 0.1) is 11.7 Å². The van der Waals surface area contributed by atoms with E-state index in [1.54, 1.807) is 19.2 Å². The molecule has 2 aliphatic heterocycles. The highest BCUT2D eigenvalue weighted by atomic mass is 32.1. The Morgan fingerprint density at radius 2 is 1.79 bits per heavy atom. The van der Waals surface area contributed by atoms with Gasteiger partial charge in [0.05, 0.1) is 10.6 Å². The summed E-state index contributed by atoms with van der Waals surface area (Å²) in [7, 11) is 1.80. The lowest BCUT2D eigenvalue weighted by Gasteiger charge is -2.33. The maximum absolute atomic E-state index is 13.4. The Hall–Kier alpha value is -1.43. The molecule has 2 fully saturated rings. The SMILES string of the molecule is COCC1CCN(c2cc(CCN3CCCC3)sc2-c2ccc(F)cc2)CC1. The zero-order chi connectivity index (χ0) is 19.3. The number of benzene rings is 1. The first-order valence-electron chi connectivity index (χ1n) is 10.6. The van der Waals surface area contributed by atoms with Crippen molar-refractivity contribution in [1.29, 1.82) is 0 Å². The molecule has 3 heterocycles. The Bertz CT molecular complexity index is 746. The summed E-state index contributed by atoms with van der Waals surface area (Å²) in [5, 5.41) is 0. The van der Waals surface area contributed by atoms with Gasteiger partial charge >= 0.3 is 0 Å². The molecule has 0 N–H and O–H groups in total. The number of thiophene rings is 1. The van der Waals surface area contributed by atoms with Crippen molar-refractivity contribution in [3.05, 3.63) is 41.0 Å². The van der Waals surface area contributed by atoms with Gasteiger partial charge in [-0.1, -0.05) is 12.1 Å². The molecule has 1 aromatic heterocycles. The van der Waals surface area contributed by atoms with Gasteiger partial charge in [0, 0.05) is 38.2 Å². The molecule has 3 nitrogen and oxygen atoms in total. The third kappa shape index (κ3) is 4.76. The molecule has 2 saturated heterocycles. The lowest BCUT2D eigenvalue weighted by atomic mass is 9.97. The Kier molecular flexibility index (Phi) is 6.65. The topological polar surface area (TPSA) is 15.7 Å². The van der Waals surface area contributed by atoms with Crippen molar-refractivity contribution in [2.45, 2.75) is 32.1 Å². The summed E-state index contributed by atoms with van der Waals surface area (Å²) < 4.78 is 18.8. The number of likely N-dealkylation sites (tertiary alicyclic amines) is 1. The molecule has 2 aliphatic rings. The molecule has 0 aliphatic carbocycles. The third-order valence-electron chi connectivity index (χ3n) is 6.10.